The first-order valence-electron chi connectivity index (χ1n) is 9.72. The zero-order valence-corrected chi connectivity index (χ0v) is 14.9. The Kier molecular flexibility index (Phi) is 3.21. The summed E-state index contributed by atoms with van der Waals surface area (Å²) in [5, 5.41) is 21.6. The van der Waals surface area contributed by atoms with Gasteiger partial charge in [0.05, 0.1) is 11.5 Å². The van der Waals surface area contributed by atoms with Gasteiger partial charge in [-0.2, -0.15) is 0 Å². The van der Waals surface area contributed by atoms with Gasteiger partial charge in [-0.25, -0.2) is 0 Å². The molecule has 0 unspecified atom stereocenters. The van der Waals surface area contributed by atoms with Crippen molar-refractivity contribution >= 4 is 5.97 Å². The van der Waals surface area contributed by atoms with Crippen molar-refractivity contribution < 1.29 is 15.0 Å². The highest BCUT2D eigenvalue weighted by atomic mass is 16.4. The lowest BCUT2D eigenvalue weighted by molar-refractivity contribution is -0.144. The van der Waals surface area contributed by atoms with Crippen molar-refractivity contribution in [2.24, 2.45) is 11.8 Å². The highest BCUT2D eigenvalue weighted by Crippen LogP contribution is 2.61. The number of aryl methyl sites for hydroxylation is 1. The van der Waals surface area contributed by atoms with Crippen LogP contribution in [0.25, 0.3) is 0 Å². The Morgan fingerprint density at radius 3 is 2.84 bits per heavy atom. The minimum Gasteiger partial charge on any atom is -0.481 e. The van der Waals surface area contributed by atoms with E-state index in [-0.39, 0.29) is 11.5 Å². The molecular formula is C21H27NO3. The van der Waals surface area contributed by atoms with Crippen LogP contribution in [0.2, 0.25) is 0 Å². The van der Waals surface area contributed by atoms with E-state index in [1.165, 1.54) is 29.5 Å². The average molecular weight is 341 g/mol. The smallest absolute Gasteiger partial charge is 0.306 e. The number of fused-ring (bicyclic) bond motifs is 1. The molecule has 1 saturated heterocycles. The van der Waals surface area contributed by atoms with Gasteiger partial charge in [0.2, 0.25) is 0 Å². The van der Waals surface area contributed by atoms with E-state index in [4.69, 9.17) is 0 Å². The molecule has 1 heterocycles. The van der Waals surface area contributed by atoms with Crippen LogP contribution in [0.5, 0.6) is 0 Å². The van der Waals surface area contributed by atoms with Crippen molar-refractivity contribution in [1.29, 1.82) is 0 Å². The Morgan fingerprint density at radius 2 is 2.12 bits per heavy atom. The molecule has 2 bridgehead atoms. The molecule has 1 aromatic rings. The third-order valence-corrected chi connectivity index (χ3v) is 7.53. The van der Waals surface area contributed by atoms with Crippen molar-refractivity contribution in [3.63, 3.8) is 0 Å². The van der Waals surface area contributed by atoms with E-state index in [1.807, 2.05) is 0 Å². The fourth-order valence-electron chi connectivity index (χ4n) is 6.13. The molecule has 0 amide bonds. The lowest BCUT2D eigenvalue weighted by atomic mass is 9.56. The lowest BCUT2D eigenvalue weighted by Gasteiger charge is -2.59. The molecule has 134 valence electrons. The van der Waals surface area contributed by atoms with E-state index in [0.717, 1.165) is 31.8 Å². The Balaban J connectivity index is 1.64. The van der Waals surface area contributed by atoms with E-state index in [9.17, 15) is 15.0 Å². The molecule has 4 heteroatoms. The van der Waals surface area contributed by atoms with E-state index < -0.39 is 17.5 Å². The monoisotopic (exact) mass is 341 g/mol. The molecule has 4 aliphatic rings. The Hall–Kier alpha value is -1.39. The number of piperidine rings is 1. The molecule has 4 nitrogen and oxygen atoms in total. The second-order valence-electron chi connectivity index (χ2n) is 9.02. The van der Waals surface area contributed by atoms with E-state index in [2.05, 4.69) is 30.0 Å². The standard InChI is InChI=1S/C21H27NO3/c1-13-2-5-15-9-18-21(25)11-16(19(23)24)10-20(21,17(15)8-13)6-7-22(18)12-14-3-4-14/h2,5,8,14,16,18,25H,3-4,6-7,9-12H2,1H3,(H,23,24)/t16-,18+,20+,21+/m0/s1. The SMILES string of the molecule is Cc1ccc2c(c1)[C@]13CCN(CC4CC4)[C@H](C2)[C@]1(O)C[C@@H](C(=O)O)C3. The normalized spacial score (nSPS) is 39.8. The van der Waals surface area contributed by atoms with E-state index in [0.29, 0.717) is 12.8 Å². The number of rotatable bonds is 3. The van der Waals surface area contributed by atoms with Crippen LogP contribution in [0, 0.1) is 18.8 Å². The summed E-state index contributed by atoms with van der Waals surface area (Å²) in [6, 6.07) is 6.66. The number of hydrogen-bond donors (Lipinski definition) is 2. The maximum Gasteiger partial charge on any atom is 0.306 e. The van der Waals surface area contributed by atoms with Crippen molar-refractivity contribution in [2.75, 3.05) is 13.1 Å². The zero-order chi connectivity index (χ0) is 17.4. The molecule has 0 spiro atoms. The topological polar surface area (TPSA) is 60.8 Å². The molecule has 4 atom stereocenters. The summed E-state index contributed by atoms with van der Waals surface area (Å²) in [6.45, 7) is 4.15. The Bertz CT molecular complexity index is 743. The average Bonchev–Trinajstić information content (AvgIpc) is 3.30. The van der Waals surface area contributed by atoms with Crippen molar-refractivity contribution in [3.05, 3.63) is 34.9 Å². The molecule has 25 heavy (non-hydrogen) atoms. The molecule has 1 aliphatic heterocycles. The number of benzene rings is 1. The first-order valence-corrected chi connectivity index (χ1v) is 9.72. The molecule has 5 rings (SSSR count). The number of hydrogen-bond acceptors (Lipinski definition) is 3. The predicted octanol–water partition coefficient (Wildman–Crippen LogP) is 2.50. The Morgan fingerprint density at radius 1 is 1.32 bits per heavy atom. The Labute approximate surface area is 148 Å². The molecule has 0 radical (unpaired) electrons. The van der Waals surface area contributed by atoms with Gasteiger partial charge in [0.25, 0.3) is 0 Å². The van der Waals surface area contributed by atoms with Gasteiger partial charge in [-0.05, 0) is 69.0 Å². The summed E-state index contributed by atoms with van der Waals surface area (Å²) in [4.78, 5) is 14.3. The number of carboxylic acid groups (broad SMARTS) is 1. The lowest BCUT2D eigenvalue weighted by Crippen LogP contribution is -2.69. The summed E-state index contributed by atoms with van der Waals surface area (Å²) < 4.78 is 0. The summed E-state index contributed by atoms with van der Waals surface area (Å²) in [6.07, 6.45) is 5.34. The minimum atomic E-state index is -0.899. The molecular weight excluding hydrogens is 314 g/mol. The second kappa shape index (κ2) is 5.08. The number of likely N-dealkylation sites (tertiary alicyclic amines) is 1. The molecule has 1 aromatic carbocycles. The fraction of sp³-hybridized carbons (Fsp3) is 0.667. The van der Waals surface area contributed by atoms with Crippen LogP contribution >= 0.6 is 0 Å². The van der Waals surface area contributed by atoms with Gasteiger partial charge in [0.1, 0.15) is 0 Å². The third-order valence-electron chi connectivity index (χ3n) is 7.53. The molecule has 3 aliphatic carbocycles. The summed E-state index contributed by atoms with van der Waals surface area (Å²) in [5.74, 6) is -0.391. The first-order chi connectivity index (χ1) is 11.9. The van der Waals surface area contributed by atoms with Crippen LogP contribution in [0.4, 0.5) is 0 Å². The van der Waals surface area contributed by atoms with Crippen LogP contribution in [-0.4, -0.2) is 45.8 Å². The van der Waals surface area contributed by atoms with Gasteiger partial charge < -0.3 is 10.2 Å². The van der Waals surface area contributed by atoms with Crippen molar-refractivity contribution in [2.45, 2.75) is 62.5 Å². The van der Waals surface area contributed by atoms with Gasteiger partial charge in [-0.3, -0.25) is 9.69 Å². The van der Waals surface area contributed by atoms with Gasteiger partial charge >= 0.3 is 5.97 Å². The molecule has 3 fully saturated rings. The zero-order valence-electron chi connectivity index (χ0n) is 14.9. The molecule has 2 saturated carbocycles. The number of nitrogens with zero attached hydrogens (tertiary/aromatic N) is 1. The van der Waals surface area contributed by atoms with E-state index in [1.54, 1.807) is 0 Å². The largest absolute Gasteiger partial charge is 0.481 e. The molecule has 2 N–H and O–H groups in total. The van der Waals surface area contributed by atoms with Gasteiger partial charge in [-0.15, -0.1) is 0 Å². The fourth-order valence-corrected chi connectivity index (χ4v) is 6.13. The number of aliphatic carboxylic acids is 1. The maximum atomic E-state index is 11.9. The van der Waals surface area contributed by atoms with Gasteiger partial charge in [-0.1, -0.05) is 23.8 Å². The predicted molar refractivity (Wildman–Crippen MR) is 94.6 cm³/mol. The quantitative estimate of drug-likeness (QED) is 0.887. The number of aliphatic hydroxyl groups is 1. The highest BCUT2D eigenvalue weighted by Gasteiger charge is 2.68. The first kappa shape index (κ1) is 15.8. The van der Waals surface area contributed by atoms with E-state index >= 15 is 0 Å². The van der Waals surface area contributed by atoms with Crippen LogP contribution in [-0.2, 0) is 16.6 Å². The number of carbonyl (C=O) groups is 1. The van der Waals surface area contributed by atoms with Crippen molar-refractivity contribution in [1.82, 2.24) is 4.90 Å². The molecule has 0 aromatic heterocycles. The van der Waals surface area contributed by atoms with Crippen molar-refractivity contribution in [3.8, 4) is 0 Å². The summed E-state index contributed by atoms with van der Waals surface area (Å²) >= 11 is 0. The maximum absolute atomic E-state index is 11.9. The minimum absolute atomic E-state index is 0.0707. The summed E-state index contributed by atoms with van der Waals surface area (Å²) in [5.41, 5.74) is 2.49. The third kappa shape index (κ3) is 2.10. The van der Waals surface area contributed by atoms with Gasteiger partial charge in [0.15, 0.2) is 0 Å². The van der Waals surface area contributed by atoms with Gasteiger partial charge in [0, 0.05) is 18.0 Å². The van der Waals surface area contributed by atoms with Crippen LogP contribution in [0.15, 0.2) is 18.2 Å². The van der Waals surface area contributed by atoms with Crippen LogP contribution in [0.1, 0.15) is 48.8 Å². The second-order valence-corrected chi connectivity index (χ2v) is 9.02. The highest BCUT2D eigenvalue weighted by molar-refractivity contribution is 5.72. The number of carboxylic acids is 1. The summed E-state index contributed by atoms with van der Waals surface area (Å²) in [7, 11) is 0. The van der Waals surface area contributed by atoms with Crippen LogP contribution in [0.3, 0.4) is 0 Å². The van der Waals surface area contributed by atoms with Crippen LogP contribution < -0.4 is 0 Å².